The number of nitriles is 1. The molecule has 78 valence electrons. The number of hydrogen-bond acceptors (Lipinski definition) is 3. The van der Waals surface area contributed by atoms with Gasteiger partial charge in [0.2, 0.25) is 0 Å². The number of hydrogen-bond donors (Lipinski definition) is 0. The summed E-state index contributed by atoms with van der Waals surface area (Å²) in [6.07, 6.45) is 0.481. The minimum atomic E-state index is -0.534. The molecular weight excluding hydrogens is 197 g/mol. The zero-order valence-electron chi connectivity index (χ0n) is 8.29. The molecule has 0 aliphatic heterocycles. The molecule has 0 saturated carbocycles. The van der Waals surface area contributed by atoms with Crippen molar-refractivity contribution in [1.82, 2.24) is 0 Å². The lowest BCUT2D eigenvalue weighted by atomic mass is 10.1. The normalized spacial score (nSPS) is 9.40. The van der Waals surface area contributed by atoms with Gasteiger partial charge in [-0.25, -0.2) is 4.39 Å². The van der Waals surface area contributed by atoms with Crippen LogP contribution in [0.25, 0.3) is 0 Å². The summed E-state index contributed by atoms with van der Waals surface area (Å²) in [5, 5.41) is 8.58. The van der Waals surface area contributed by atoms with Crippen molar-refractivity contribution in [3.8, 4) is 6.07 Å². The van der Waals surface area contributed by atoms with E-state index in [1.165, 1.54) is 19.1 Å². The van der Waals surface area contributed by atoms with Crippen molar-refractivity contribution in [2.75, 3.05) is 6.61 Å². The largest absolute Gasteiger partial charge is 0.466 e. The first kappa shape index (κ1) is 11.2. The van der Waals surface area contributed by atoms with Crippen LogP contribution in [0, 0.1) is 17.1 Å². The predicted molar refractivity (Wildman–Crippen MR) is 51.5 cm³/mol. The summed E-state index contributed by atoms with van der Waals surface area (Å²) in [6.45, 7) is 1.57. The van der Waals surface area contributed by atoms with Crippen LogP contribution in [-0.4, -0.2) is 12.6 Å². The highest BCUT2D eigenvalue weighted by atomic mass is 19.1. The summed E-state index contributed by atoms with van der Waals surface area (Å²) in [6, 6.07) is 6.02. The van der Waals surface area contributed by atoms with E-state index in [2.05, 4.69) is 0 Å². The van der Waals surface area contributed by atoms with E-state index in [1.54, 1.807) is 12.1 Å². The minimum absolute atomic E-state index is 0.00956. The van der Waals surface area contributed by atoms with Gasteiger partial charge < -0.3 is 4.74 Å². The number of nitrogens with zero attached hydrogens (tertiary/aromatic N) is 1. The molecule has 1 aromatic carbocycles. The molecule has 0 aliphatic carbocycles. The molecule has 0 bridgehead atoms. The maximum Gasteiger partial charge on any atom is 0.302 e. The fraction of sp³-hybridized carbons (Fsp3) is 0.273. The van der Waals surface area contributed by atoms with E-state index in [-0.39, 0.29) is 18.1 Å². The average molecular weight is 207 g/mol. The number of esters is 1. The van der Waals surface area contributed by atoms with Crippen LogP contribution in [0.15, 0.2) is 18.2 Å². The SMILES string of the molecule is CC(=O)OCCc1ccc(F)c(C#N)c1. The molecule has 0 amide bonds. The van der Waals surface area contributed by atoms with Gasteiger partial charge in [-0.15, -0.1) is 0 Å². The molecule has 0 radical (unpaired) electrons. The number of benzene rings is 1. The molecule has 0 heterocycles. The van der Waals surface area contributed by atoms with Crippen LogP contribution in [0.4, 0.5) is 4.39 Å². The van der Waals surface area contributed by atoms with Crippen LogP contribution in [0.2, 0.25) is 0 Å². The van der Waals surface area contributed by atoms with Crippen molar-refractivity contribution < 1.29 is 13.9 Å². The molecule has 0 aromatic heterocycles. The van der Waals surface area contributed by atoms with E-state index in [0.29, 0.717) is 6.42 Å². The second-order valence-corrected chi connectivity index (χ2v) is 3.02. The summed E-state index contributed by atoms with van der Waals surface area (Å²) in [7, 11) is 0. The maximum absolute atomic E-state index is 12.9. The molecule has 0 spiro atoms. The van der Waals surface area contributed by atoms with E-state index in [4.69, 9.17) is 10.00 Å². The van der Waals surface area contributed by atoms with Crippen LogP contribution in [-0.2, 0) is 16.0 Å². The number of ether oxygens (including phenoxy) is 1. The second kappa shape index (κ2) is 5.11. The molecule has 15 heavy (non-hydrogen) atoms. The standard InChI is InChI=1S/C11H10FNO2/c1-8(14)15-5-4-9-2-3-11(12)10(6-9)7-13/h2-3,6H,4-5H2,1H3. The molecule has 0 fully saturated rings. The van der Waals surface area contributed by atoms with Crippen molar-refractivity contribution in [2.24, 2.45) is 0 Å². The highest BCUT2D eigenvalue weighted by Crippen LogP contribution is 2.10. The molecule has 1 rings (SSSR count). The van der Waals surface area contributed by atoms with Gasteiger partial charge in [-0.1, -0.05) is 6.07 Å². The van der Waals surface area contributed by atoms with Crippen LogP contribution in [0.3, 0.4) is 0 Å². The molecule has 0 aliphatic rings. The van der Waals surface area contributed by atoms with Crippen LogP contribution in [0.5, 0.6) is 0 Å². The van der Waals surface area contributed by atoms with E-state index >= 15 is 0 Å². The van der Waals surface area contributed by atoms with Gasteiger partial charge in [0, 0.05) is 13.3 Å². The first-order chi connectivity index (χ1) is 7.13. The monoisotopic (exact) mass is 207 g/mol. The van der Waals surface area contributed by atoms with Gasteiger partial charge in [0.25, 0.3) is 0 Å². The smallest absolute Gasteiger partial charge is 0.302 e. The van der Waals surface area contributed by atoms with Crippen molar-refractivity contribution in [1.29, 1.82) is 5.26 Å². The third-order valence-electron chi connectivity index (χ3n) is 1.85. The van der Waals surface area contributed by atoms with Gasteiger partial charge in [-0.2, -0.15) is 5.26 Å². The summed E-state index contributed by atoms with van der Waals surface area (Å²) < 4.78 is 17.6. The number of rotatable bonds is 3. The van der Waals surface area contributed by atoms with Gasteiger partial charge in [-0.3, -0.25) is 4.79 Å². The number of carbonyl (C=O) groups is 1. The Morgan fingerprint density at radius 2 is 2.33 bits per heavy atom. The van der Waals surface area contributed by atoms with Gasteiger partial charge in [0.05, 0.1) is 12.2 Å². The highest BCUT2D eigenvalue weighted by Gasteiger charge is 2.03. The van der Waals surface area contributed by atoms with E-state index in [1.807, 2.05) is 0 Å². The predicted octanol–water partition coefficient (Wildman–Crippen LogP) is 1.80. The lowest BCUT2D eigenvalue weighted by Crippen LogP contribution is -2.03. The molecule has 0 unspecified atom stereocenters. The average Bonchev–Trinajstić information content (AvgIpc) is 2.20. The Balaban J connectivity index is 2.63. The molecular formula is C11H10FNO2. The number of carbonyl (C=O) groups excluding carboxylic acids is 1. The summed E-state index contributed by atoms with van der Waals surface area (Å²) in [5.74, 6) is -0.883. The van der Waals surface area contributed by atoms with Crippen molar-refractivity contribution in [2.45, 2.75) is 13.3 Å². The van der Waals surface area contributed by atoms with Gasteiger partial charge in [0.15, 0.2) is 0 Å². The van der Waals surface area contributed by atoms with E-state index in [9.17, 15) is 9.18 Å². The summed E-state index contributed by atoms with van der Waals surface area (Å²) in [5.41, 5.74) is 0.782. The quantitative estimate of drug-likeness (QED) is 0.710. The Morgan fingerprint density at radius 3 is 2.93 bits per heavy atom. The first-order valence-electron chi connectivity index (χ1n) is 4.45. The van der Waals surface area contributed by atoms with Gasteiger partial charge >= 0.3 is 5.97 Å². The fourth-order valence-electron chi connectivity index (χ4n) is 1.13. The number of halogens is 1. The van der Waals surface area contributed by atoms with E-state index < -0.39 is 5.82 Å². The molecule has 0 N–H and O–H groups in total. The van der Waals surface area contributed by atoms with Crippen molar-refractivity contribution in [3.63, 3.8) is 0 Å². The first-order valence-corrected chi connectivity index (χ1v) is 4.45. The highest BCUT2D eigenvalue weighted by molar-refractivity contribution is 5.65. The van der Waals surface area contributed by atoms with Crippen molar-refractivity contribution >= 4 is 5.97 Å². The van der Waals surface area contributed by atoms with Crippen LogP contribution in [0.1, 0.15) is 18.1 Å². The Bertz CT molecular complexity index is 410. The van der Waals surface area contributed by atoms with Crippen LogP contribution >= 0.6 is 0 Å². The molecule has 4 heteroatoms. The van der Waals surface area contributed by atoms with Crippen LogP contribution < -0.4 is 0 Å². The lowest BCUT2D eigenvalue weighted by Gasteiger charge is -2.02. The Hall–Kier alpha value is -1.89. The molecule has 0 saturated heterocycles. The Kier molecular flexibility index (Phi) is 3.81. The molecule has 0 atom stereocenters. The second-order valence-electron chi connectivity index (χ2n) is 3.02. The van der Waals surface area contributed by atoms with Gasteiger partial charge in [-0.05, 0) is 17.7 Å². The van der Waals surface area contributed by atoms with Crippen molar-refractivity contribution in [3.05, 3.63) is 35.1 Å². The Labute approximate surface area is 87.1 Å². The zero-order chi connectivity index (χ0) is 11.3. The summed E-state index contributed by atoms with van der Waals surface area (Å²) >= 11 is 0. The summed E-state index contributed by atoms with van der Waals surface area (Å²) in [4.78, 5) is 10.5. The molecule has 3 nitrogen and oxygen atoms in total. The third kappa shape index (κ3) is 3.39. The fourth-order valence-corrected chi connectivity index (χ4v) is 1.13. The topological polar surface area (TPSA) is 50.1 Å². The minimum Gasteiger partial charge on any atom is -0.466 e. The Morgan fingerprint density at radius 1 is 1.60 bits per heavy atom. The van der Waals surface area contributed by atoms with Gasteiger partial charge in [0.1, 0.15) is 11.9 Å². The maximum atomic E-state index is 12.9. The zero-order valence-corrected chi connectivity index (χ0v) is 8.29. The third-order valence-corrected chi connectivity index (χ3v) is 1.85. The van der Waals surface area contributed by atoms with E-state index in [0.717, 1.165) is 5.56 Å². The molecule has 1 aromatic rings. The lowest BCUT2D eigenvalue weighted by molar-refractivity contribution is -0.140.